The molecule has 8 nitrogen and oxygen atoms in total. The number of hydrogen-bond donors (Lipinski definition) is 0. The van der Waals surface area contributed by atoms with Gasteiger partial charge in [-0.05, 0) is 6.08 Å². The topological polar surface area (TPSA) is 105 Å². The second-order valence-corrected chi connectivity index (χ2v) is 3.91. The highest BCUT2D eigenvalue weighted by atomic mass is 16.6. The standard InChI is InChI=1S/C13H18O8/c1-8(14)19-7-12(21-10(3)16)11(20-9(2)15)5-6-13(17)18-4/h5-6,11-12H,7H2,1-4H3/b6-5+/t11-,12+/m1/s1. The zero-order valence-electron chi connectivity index (χ0n) is 12.3. The van der Waals surface area contributed by atoms with Crippen molar-refractivity contribution in [2.24, 2.45) is 0 Å². The number of methoxy groups -OCH3 is 1. The first-order valence-electron chi connectivity index (χ1n) is 6.00. The zero-order valence-corrected chi connectivity index (χ0v) is 12.3. The van der Waals surface area contributed by atoms with Crippen LogP contribution in [0.1, 0.15) is 20.8 Å². The van der Waals surface area contributed by atoms with Gasteiger partial charge >= 0.3 is 23.9 Å². The molecule has 0 fully saturated rings. The van der Waals surface area contributed by atoms with E-state index in [1.54, 1.807) is 0 Å². The molecule has 0 saturated heterocycles. The monoisotopic (exact) mass is 302 g/mol. The molecule has 0 aromatic heterocycles. The average Bonchev–Trinajstić information content (AvgIpc) is 2.38. The molecular weight excluding hydrogens is 284 g/mol. The first-order chi connectivity index (χ1) is 9.76. The summed E-state index contributed by atoms with van der Waals surface area (Å²) in [4.78, 5) is 44.0. The van der Waals surface area contributed by atoms with Crippen LogP contribution in [0.25, 0.3) is 0 Å². The number of rotatable bonds is 7. The van der Waals surface area contributed by atoms with Crippen molar-refractivity contribution in [3.8, 4) is 0 Å². The van der Waals surface area contributed by atoms with Gasteiger partial charge in [0.2, 0.25) is 0 Å². The van der Waals surface area contributed by atoms with Crippen molar-refractivity contribution in [1.29, 1.82) is 0 Å². The summed E-state index contributed by atoms with van der Waals surface area (Å²) in [5, 5.41) is 0. The summed E-state index contributed by atoms with van der Waals surface area (Å²) in [7, 11) is 1.18. The molecule has 0 aliphatic heterocycles. The summed E-state index contributed by atoms with van der Waals surface area (Å²) < 4.78 is 19.0. The van der Waals surface area contributed by atoms with Gasteiger partial charge in [-0.3, -0.25) is 14.4 Å². The number of carbonyl (C=O) groups excluding carboxylic acids is 4. The van der Waals surface area contributed by atoms with E-state index in [1.165, 1.54) is 20.1 Å². The Morgan fingerprint density at radius 3 is 1.95 bits per heavy atom. The van der Waals surface area contributed by atoms with E-state index in [1.807, 2.05) is 0 Å². The van der Waals surface area contributed by atoms with Crippen LogP contribution >= 0.6 is 0 Å². The van der Waals surface area contributed by atoms with Crippen LogP contribution in [0, 0.1) is 0 Å². The number of ether oxygens (including phenoxy) is 4. The molecule has 0 aromatic rings. The SMILES string of the molecule is COC(=O)/C=C/[C@@H](OC(C)=O)[C@H](COC(C)=O)OC(C)=O. The third kappa shape index (κ3) is 9.20. The molecule has 0 amide bonds. The zero-order chi connectivity index (χ0) is 16.4. The molecule has 0 aliphatic carbocycles. The highest BCUT2D eigenvalue weighted by Gasteiger charge is 2.26. The summed E-state index contributed by atoms with van der Waals surface area (Å²) in [6.45, 7) is 3.15. The lowest BCUT2D eigenvalue weighted by atomic mass is 10.2. The molecule has 0 bridgehead atoms. The van der Waals surface area contributed by atoms with Crippen LogP contribution in [-0.4, -0.2) is 49.8 Å². The van der Waals surface area contributed by atoms with Gasteiger partial charge in [0, 0.05) is 26.8 Å². The maximum Gasteiger partial charge on any atom is 0.330 e. The van der Waals surface area contributed by atoms with Crippen LogP contribution in [0.15, 0.2) is 12.2 Å². The summed E-state index contributed by atoms with van der Waals surface area (Å²) in [5.74, 6) is -2.59. The van der Waals surface area contributed by atoms with E-state index in [2.05, 4.69) is 4.74 Å². The lowest BCUT2D eigenvalue weighted by Crippen LogP contribution is -2.37. The fraction of sp³-hybridized carbons (Fsp3) is 0.538. The van der Waals surface area contributed by atoms with Crippen LogP contribution in [0.5, 0.6) is 0 Å². The molecule has 0 N–H and O–H groups in total. The Labute approximate surface area is 122 Å². The van der Waals surface area contributed by atoms with Gasteiger partial charge in [-0.25, -0.2) is 4.79 Å². The molecule has 0 heterocycles. The number of hydrogen-bond acceptors (Lipinski definition) is 8. The van der Waals surface area contributed by atoms with Crippen LogP contribution < -0.4 is 0 Å². The Balaban J connectivity index is 5.08. The fourth-order valence-electron chi connectivity index (χ4n) is 1.28. The van der Waals surface area contributed by atoms with Crippen LogP contribution in [0.2, 0.25) is 0 Å². The third-order valence-electron chi connectivity index (χ3n) is 2.06. The van der Waals surface area contributed by atoms with Crippen molar-refractivity contribution in [3.05, 3.63) is 12.2 Å². The molecular formula is C13H18O8. The van der Waals surface area contributed by atoms with Crippen molar-refractivity contribution in [2.45, 2.75) is 33.0 Å². The Morgan fingerprint density at radius 2 is 1.52 bits per heavy atom. The van der Waals surface area contributed by atoms with Gasteiger partial charge in [-0.15, -0.1) is 0 Å². The van der Waals surface area contributed by atoms with E-state index in [4.69, 9.17) is 14.2 Å². The predicted molar refractivity (Wildman–Crippen MR) is 68.9 cm³/mol. The molecule has 0 aliphatic rings. The largest absolute Gasteiger partial charge is 0.466 e. The Morgan fingerprint density at radius 1 is 0.952 bits per heavy atom. The van der Waals surface area contributed by atoms with E-state index >= 15 is 0 Å². The van der Waals surface area contributed by atoms with Gasteiger partial charge in [0.1, 0.15) is 6.61 Å². The maximum atomic E-state index is 11.1. The van der Waals surface area contributed by atoms with Crippen LogP contribution in [0.4, 0.5) is 0 Å². The summed E-state index contributed by atoms with van der Waals surface area (Å²) >= 11 is 0. The Kier molecular flexibility index (Phi) is 8.43. The summed E-state index contributed by atoms with van der Waals surface area (Å²) in [6.07, 6.45) is 0.0309. The van der Waals surface area contributed by atoms with E-state index in [0.29, 0.717) is 0 Å². The minimum atomic E-state index is -1.09. The first-order valence-corrected chi connectivity index (χ1v) is 6.00. The molecule has 2 atom stereocenters. The second kappa shape index (κ2) is 9.51. The molecule has 0 saturated carbocycles. The van der Waals surface area contributed by atoms with E-state index in [9.17, 15) is 19.2 Å². The van der Waals surface area contributed by atoms with E-state index in [0.717, 1.165) is 19.9 Å². The second-order valence-electron chi connectivity index (χ2n) is 3.91. The molecule has 0 radical (unpaired) electrons. The van der Waals surface area contributed by atoms with Crippen molar-refractivity contribution in [2.75, 3.05) is 13.7 Å². The van der Waals surface area contributed by atoms with Gasteiger partial charge in [0.15, 0.2) is 12.2 Å². The Hall–Kier alpha value is -2.38. The lowest BCUT2D eigenvalue weighted by molar-refractivity contribution is -0.169. The summed E-state index contributed by atoms with van der Waals surface area (Å²) in [5.41, 5.74) is 0. The van der Waals surface area contributed by atoms with Gasteiger partial charge in [0.05, 0.1) is 7.11 Å². The van der Waals surface area contributed by atoms with Crippen molar-refractivity contribution in [1.82, 2.24) is 0 Å². The van der Waals surface area contributed by atoms with Crippen molar-refractivity contribution >= 4 is 23.9 Å². The molecule has 8 heteroatoms. The van der Waals surface area contributed by atoms with Crippen molar-refractivity contribution < 1.29 is 38.1 Å². The Bertz CT molecular complexity index is 426. The quantitative estimate of drug-likeness (QED) is 0.371. The molecule has 21 heavy (non-hydrogen) atoms. The molecule has 0 unspecified atom stereocenters. The highest BCUT2D eigenvalue weighted by molar-refractivity contribution is 5.82. The normalized spacial score (nSPS) is 13.1. The van der Waals surface area contributed by atoms with Gasteiger partial charge in [-0.1, -0.05) is 0 Å². The molecule has 0 aromatic carbocycles. The molecule has 0 rings (SSSR count). The lowest BCUT2D eigenvalue weighted by Gasteiger charge is -2.23. The van der Waals surface area contributed by atoms with Gasteiger partial charge in [0.25, 0.3) is 0 Å². The minimum absolute atomic E-state index is 0.321. The number of esters is 4. The average molecular weight is 302 g/mol. The van der Waals surface area contributed by atoms with Gasteiger partial charge < -0.3 is 18.9 Å². The van der Waals surface area contributed by atoms with Crippen LogP contribution in [0.3, 0.4) is 0 Å². The molecule has 118 valence electrons. The van der Waals surface area contributed by atoms with Gasteiger partial charge in [-0.2, -0.15) is 0 Å². The summed E-state index contributed by atoms with van der Waals surface area (Å²) in [6, 6.07) is 0. The van der Waals surface area contributed by atoms with E-state index in [-0.39, 0.29) is 6.61 Å². The van der Waals surface area contributed by atoms with Crippen molar-refractivity contribution in [3.63, 3.8) is 0 Å². The minimum Gasteiger partial charge on any atom is -0.466 e. The fourth-order valence-corrected chi connectivity index (χ4v) is 1.28. The maximum absolute atomic E-state index is 11.1. The smallest absolute Gasteiger partial charge is 0.330 e. The van der Waals surface area contributed by atoms with Crippen LogP contribution in [-0.2, 0) is 38.1 Å². The van der Waals surface area contributed by atoms with E-state index < -0.39 is 36.1 Å². The third-order valence-corrected chi connectivity index (χ3v) is 2.06. The highest BCUT2D eigenvalue weighted by Crippen LogP contribution is 2.09. The predicted octanol–water partition coefficient (Wildman–Crippen LogP) is 0.142. The molecule has 0 spiro atoms. The number of carbonyl (C=O) groups is 4. The first kappa shape index (κ1) is 18.6.